The lowest BCUT2D eigenvalue weighted by Gasteiger charge is -2.07. The average Bonchev–Trinajstić information content (AvgIpc) is 3.19. The number of amides is 1. The van der Waals surface area contributed by atoms with Crippen LogP contribution in [-0.2, 0) is 4.79 Å². The van der Waals surface area contributed by atoms with Crippen LogP contribution in [0.25, 0.3) is 10.7 Å². The van der Waals surface area contributed by atoms with Crippen molar-refractivity contribution in [2.75, 3.05) is 11.9 Å². The first kappa shape index (κ1) is 15.9. The summed E-state index contributed by atoms with van der Waals surface area (Å²) >= 11 is 8.64. The van der Waals surface area contributed by atoms with Crippen LogP contribution in [0.5, 0.6) is 5.75 Å². The van der Waals surface area contributed by atoms with Crippen LogP contribution in [-0.4, -0.2) is 21.9 Å². The molecule has 118 valence electrons. The van der Waals surface area contributed by atoms with Crippen LogP contribution in [0.2, 0.25) is 5.02 Å². The van der Waals surface area contributed by atoms with Gasteiger partial charge in [0.1, 0.15) is 5.75 Å². The maximum Gasteiger partial charge on any atom is 0.264 e. The van der Waals surface area contributed by atoms with Crippen LogP contribution in [0.4, 0.5) is 5.13 Å². The van der Waals surface area contributed by atoms with E-state index in [1.807, 2.05) is 24.4 Å². The third-order valence-electron chi connectivity index (χ3n) is 2.91. The fourth-order valence-electron chi connectivity index (χ4n) is 1.79. The minimum atomic E-state index is -0.286. The van der Waals surface area contributed by atoms with E-state index >= 15 is 0 Å². The number of thiophene rings is 1. The van der Waals surface area contributed by atoms with Crippen LogP contribution in [0.15, 0.2) is 35.7 Å². The molecule has 2 aromatic heterocycles. The number of aromatic nitrogens is 2. The van der Waals surface area contributed by atoms with Crippen molar-refractivity contribution in [1.82, 2.24) is 9.36 Å². The third-order valence-corrected chi connectivity index (χ3v) is 4.83. The Morgan fingerprint density at radius 3 is 3.00 bits per heavy atom. The number of ether oxygens (including phenoxy) is 1. The van der Waals surface area contributed by atoms with Crippen molar-refractivity contribution in [3.63, 3.8) is 0 Å². The number of anilines is 1. The summed E-state index contributed by atoms with van der Waals surface area (Å²) in [6.45, 7) is 1.78. The normalized spacial score (nSPS) is 10.5. The molecule has 0 saturated heterocycles. The summed E-state index contributed by atoms with van der Waals surface area (Å²) < 4.78 is 9.66. The van der Waals surface area contributed by atoms with E-state index < -0.39 is 0 Å². The predicted molar refractivity (Wildman–Crippen MR) is 93.5 cm³/mol. The lowest BCUT2D eigenvalue weighted by Crippen LogP contribution is -2.20. The maximum absolute atomic E-state index is 11.9. The van der Waals surface area contributed by atoms with Crippen LogP contribution < -0.4 is 10.1 Å². The minimum absolute atomic E-state index is 0.102. The molecule has 0 bridgehead atoms. The Hall–Kier alpha value is -1.96. The van der Waals surface area contributed by atoms with E-state index in [0.29, 0.717) is 21.7 Å². The molecule has 1 N–H and O–H groups in total. The molecule has 1 aromatic carbocycles. The molecule has 0 spiro atoms. The Kier molecular flexibility index (Phi) is 4.90. The van der Waals surface area contributed by atoms with Gasteiger partial charge in [0.05, 0.1) is 4.88 Å². The first-order valence-electron chi connectivity index (χ1n) is 6.68. The number of carbonyl (C=O) groups excluding carboxylic acids is 1. The standard InChI is InChI=1S/C15H12ClN3O2S2/c1-9-7-10(4-5-11(9)16)21-8-13(20)17-15-18-14(19-23-15)12-3-2-6-22-12/h2-7H,8H2,1H3,(H,17,18,19,20). The zero-order chi connectivity index (χ0) is 16.2. The zero-order valence-corrected chi connectivity index (χ0v) is 14.5. The van der Waals surface area contributed by atoms with Gasteiger partial charge < -0.3 is 4.74 Å². The van der Waals surface area contributed by atoms with Crippen LogP contribution >= 0.6 is 34.5 Å². The summed E-state index contributed by atoms with van der Waals surface area (Å²) in [5, 5.41) is 5.75. The van der Waals surface area contributed by atoms with Crippen LogP contribution in [0, 0.1) is 6.92 Å². The predicted octanol–water partition coefficient (Wildman–Crippen LogP) is 4.25. The molecule has 0 aliphatic rings. The van der Waals surface area contributed by atoms with E-state index in [1.54, 1.807) is 29.5 Å². The van der Waals surface area contributed by atoms with Crippen LogP contribution in [0.3, 0.4) is 0 Å². The number of rotatable bonds is 5. The summed E-state index contributed by atoms with van der Waals surface area (Å²) in [6, 6.07) is 9.12. The van der Waals surface area contributed by atoms with E-state index in [2.05, 4.69) is 14.7 Å². The number of aryl methyl sites for hydroxylation is 1. The minimum Gasteiger partial charge on any atom is -0.484 e. The Bertz CT molecular complexity index is 818. The molecule has 0 fully saturated rings. The molecule has 1 amide bonds. The molecule has 2 heterocycles. The molecule has 0 unspecified atom stereocenters. The zero-order valence-electron chi connectivity index (χ0n) is 12.1. The molecule has 0 aliphatic carbocycles. The van der Waals surface area contributed by atoms with E-state index in [4.69, 9.17) is 16.3 Å². The summed E-state index contributed by atoms with van der Waals surface area (Å²) in [6.07, 6.45) is 0. The first-order chi connectivity index (χ1) is 11.1. The molecule has 3 rings (SSSR count). The third kappa shape index (κ3) is 4.07. The van der Waals surface area contributed by atoms with Crippen molar-refractivity contribution in [2.24, 2.45) is 0 Å². The second-order valence-corrected chi connectivity index (χ2v) is 6.76. The largest absolute Gasteiger partial charge is 0.484 e. The molecule has 0 aliphatic heterocycles. The number of nitrogens with one attached hydrogen (secondary N) is 1. The molecule has 0 saturated carbocycles. The Morgan fingerprint density at radius 2 is 2.26 bits per heavy atom. The maximum atomic E-state index is 11.9. The van der Waals surface area contributed by atoms with Crippen molar-refractivity contribution >= 4 is 45.5 Å². The highest BCUT2D eigenvalue weighted by atomic mass is 35.5. The van der Waals surface area contributed by atoms with E-state index in [9.17, 15) is 4.79 Å². The van der Waals surface area contributed by atoms with E-state index in [-0.39, 0.29) is 12.5 Å². The molecule has 8 heteroatoms. The van der Waals surface area contributed by atoms with Crippen molar-refractivity contribution in [1.29, 1.82) is 0 Å². The van der Waals surface area contributed by atoms with Crippen molar-refractivity contribution in [2.45, 2.75) is 6.92 Å². The number of nitrogens with zero attached hydrogens (tertiary/aromatic N) is 2. The van der Waals surface area contributed by atoms with Gasteiger partial charge in [0, 0.05) is 16.6 Å². The summed E-state index contributed by atoms with van der Waals surface area (Å²) in [7, 11) is 0. The summed E-state index contributed by atoms with van der Waals surface area (Å²) in [5.74, 6) is 0.930. The quantitative estimate of drug-likeness (QED) is 0.734. The highest BCUT2D eigenvalue weighted by Crippen LogP contribution is 2.25. The van der Waals surface area contributed by atoms with Crippen molar-refractivity contribution in [3.05, 3.63) is 46.3 Å². The van der Waals surface area contributed by atoms with Crippen LogP contribution in [0.1, 0.15) is 5.56 Å². The van der Waals surface area contributed by atoms with Gasteiger partial charge in [-0.2, -0.15) is 9.36 Å². The first-order valence-corrected chi connectivity index (χ1v) is 8.71. The summed E-state index contributed by atoms with van der Waals surface area (Å²) in [4.78, 5) is 17.2. The van der Waals surface area contributed by atoms with E-state index in [0.717, 1.165) is 22.0 Å². The molecular weight excluding hydrogens is 354 g/mol. The molecular formula is C15H12ClN3O2S2. The second-order valence-electron chi connectivity index (χ2n) is 4.65. The lowest BCUT2D eigenvalue weighted by atomic mass is 10.2. The lowest BCUT2D eigenvalue weighted by molar-refractivity contribution is -0.118. The van der Waals surface area contributed by atoms with Gasteiger partial charge in [-0.1, -0.05) is 17.7 Å². The van der Waals surface area contributed by atoms with Gasteiger partial charge in [-0.3, -0.25) is 10.1 Å². The number of hydrogen-bond acceptors (Lipinski definition) is 6. The molecule has 3 aromatic rings. The average molecular weight is 366 g/mol. The SMILES string of the molecule is Cc1cc(OCC(=O)Nc2nc(-c3cccs3)ns2)ccc1Cl. The molecule has 0 atom stereocenters. The molecule has 23 heavy (non-hydrogen) atoms. The number of hydrogen-bond donors (Lipinski definition) is 1. The monoisotopic (exact) mass is 365 g/mol. The fraction of sp³-hybridized carbons (Fsp3) is 0.133. The Labute approximate surface area is 146 Å². The highest BCUT2D eigenvalue weighted by Gasteiger charge is 2.11. The van der Waals surface area contributed by atoms with Gasteiger partial charge in [0.25, 0.3) is 5.91 Å². The topological polar surface area (TPSA) is 64.1 Å². The van der Waals surface area contributed by atoms with E-state index in [1.165, 1.54) is 0 Å². The molecule has 0 radical (unpaired) electrons. The molecule has 5 nitrogen and oxygen atoms in total. The van der Waals surface area contributed by atoms with Crippen molar-refractivity contribution < 1.29 is 9.53 Å². The smallest absolute Gasteiger partial charge is 0.264 e. The number of carbonyl (C=O) groups is 1. The Morgan fingerprint density at radius 1 is 1.39 bits per heavy atom. The van der Waals surface area contributed by atoms with Crippen molar-refractivity contribution in [3.8, 4) is 16.5 Å². The van der Waals surface area contributed by atoms with Gasteiger partial charge in [-0.15, -0.1) is 11.3 Å². The fourth-order valence-corrected chi connectivity index (χ4v) is 3.22. The van der Waals surface area contributed by atoms with Gasteiger partial charge in [-0.05, 0) is 42.1 Å². The second kappa shape index (κ2) is 7.08. The highest BCUT2D eigenvalue weighted by molar-refractivity contribution is 7.14. The van der Waals surface area contributed by atoms with Gasteiger partial charge in [-0.25, -0.2) is 0 Å². The number of halogens is 1. The van der Waals surface area contributed by atoms with Gasteiger partial charge in [0.2, 0.25) is 5.13 Å². The Balaban J connectivity index is 1.56. The number of benzene rings is 1. The van der Waals surface area contributed by atoms with Gasteiger partial charge >= 0.3 is 0 Å². The van der Waals surface area contributed by atoms with Gasteiger partial charge in [0.15, 0.2) is 12.4 Å². The summed E-state index contributed by atoms with van der Waals surface area (Å²) in [5.41, 5.74) is 0.897.